The molecule has 0 fully saturated rings. The van der Waals surface area contributed by atoms with E-state index in [-0.39, 0.29) is 0 Å². The van der Waals surface area contributed by atoms with Crippen molar-refractivity contribution in [3.05, 3.63) is 229 Å². The van der Waals surface area contributed by atoms with Gasteiger partial charge in [-0.05, 0) is 117 Å². The van der Waals surface area contributed by atoms with Gasteiger partial charge in [-0.2, -0.15) is 10.5 Å². The number of anilines is 6. The summed E-state index contributed by atoms with van der Waals surface area (Å²) in [6.07, 6.45) is 0. The van der Waals surface area contributed by atoms with Gasteiger partial charge in [-0.3, -0.25) is 0 Å². The van der Waals surface area contributed by atoms with Crippen molar-refractivity contribution in [3.63, 3.8) is 0 Å². The predicted octanol–water partition coefficient (Wildman–Crippen LogP) is 15.9. The summed E-state index contributed by atoms with van der Waals surface area (Å²) in [5, 5.41) is 23.2. The zero-order valence-electron chi connectivity index (χ0n) is 35.3. The molecule has 0 aliphatic heterocycles. The molecule has 0 bridgehead atoms. The summed E-state index contributed by atoms with van der Waals surface area (Å²) in [5.41, 5.74) is 16.2. The molecule has 0 atom stereocenters. The first-order chi connectivity index (χ1) is 31.4. The van der Waals surface area contributed by atoms with Crippen molar-refractivity contribution in [2.75, 3.05) is 9.80 Å². The number of nitrogens with zero attached hydrogens (tertiary/aromatic N) is 4. The average Bonchev–Trinajstić information content (AvgIpc) is 3.83. The van der Waals surface area contributed by atoms with Crippen molar-refractivity contribution in [3.8, 4) is 45.5 Å². The molecule has 0 radical (unpaired) electrons. The summed E-state index contributed by atoms with van der Waals surface area (Å²) in [7, 11) is 0. The molecular weight excluding hydrogens is 781 g/mol. The molecule has 0 spiro atoms. The minimum absolute atomic E-state index is 0.532. The van der Waals surface area contributed by atoms with Crippen LogP contribution in [0, 0.1) is 22.7 Å². The quantitative estimate of drug-likeness (QED) is 0.153. The molecule has 0 amide bonds. The van der Waals surface area contributed by atoms with Crippen molar-refractivity contribution >= 4 is 56.1 Å². The second kappa shape index (κ2) is 15.4. The summed E-state index contributed by atoms with van der Waals surface area (Å²) in [4.78, 5) is 4.52. The molecule has 1 aliphatic rings. The van der Waals surface area contributed by atoms with E-state index in [9.17, 15) is 10.5 Å². The van der Waals surface area contributed by atoms with E-state index in [1.54, 1.807) is 0 Å². The van der Waals surface area contributed by atoms with Gasteiger partial charge in [-0.25, -0.2) is 0 Å². The van der Waals surface area contributed by atoms with Gasteiger partial charge in [-0.1, -0.05) is 147 Å². The maximum Gasteiger partial charge on any atom is 0.159 e. The Morgan fingerprint density at radius 1 is 0.422 bits per heavy atom. The molecule has 0 saturated heterocycles. The van der Waals surface area contributed by atoms with Crippen LogP contribution in [0.4, 0.5) is 34.1 Å². The summed E-state index contributed by atoms with van der Waals surface area (Å²) >= 11 is 0. The predicted molar refractivity (Wildman–Crippen MR) is 261 cm³/mol. The molecule has 1 aromatic heterocycles. The fourth-order valence-electron chi connectivity index (χ4n) is 9.73. The summed E-state index contributed by atoms with van der Waals surface area (Å²) < 4.78 is 6.97. The third-order valence-electron chi connectivity index (χ3n) is 12.7. The first kappa shape index (κ1) is 38.3. The molecule has 0 saturated carbocycles. The van der Waals surface area contributed by atoms with Gasteiger partial charge in [-0.15, -0.1) is 0 Å². The van der Waals surface area contributed by atoms with Gasteiger partial charge in [0.15, 0.2) is 5.58 Å². The highest BCUT2D eigenvalue weighted by Crippen LogP contribution is 2.59. The van der Waals surface area contributed by atoms with Crippen molar-refractivity contribution in [2.45, 2.75) is 19.3 Å². The van der Waals surface area contributed by atoms with E-state index in [0.29, 0.717) is 11.1 Å². The third-order valence-corrected chi connectivity index (χ3v) is 12.7. The standard InChI is InChI=1S/C59H40N4O/c1-59(2)54-35-47(62(43-21-11-5-12-22-43)45-27-30-48(41(33-45)37-60)39-17-7-3-8-18-39)29-32-50(54)52-36-53-51-25-15-16-26-55(51)64-58(53)57(56(52)59)63(44-23-13-6-14-24-44)46-28-31-49(42(34-46)38-61)40-19-9-4-10-20-40/h3-36H,1-2H3. The molecular formula is C59H40N4O. The molecule has 11 rings (SSSR count). The number of furan rings is 1. The Hall–Kier alpha value is -8.64. The van der Waals surface area contributed by atoms with Gasteiger partial charge in [0.2, 0.25) is 0 Å². The van der Waals surface area contributed by atoms with Gasteiger partial charge >= 0.3 is 0 Å². The highest BCUT2D eigenvalue weighted by Gasteiger charge is 2.42. The monoisotopic (exact) mass is 820 g/mol. The zero-order valence-corrected chi connectivity index (χ0v) is 35.3. The first-order valence-electron chi connectivity index (χ1n) is 21.5. The lowest BCUT2D eigenvalue weighted by Gasteiger charge is -2.33. The highest BCUT2D eigenvalue weighted by atomic mass is 16.3. The third kappa shape index (κ3) is 6.22. The van der Waals surface area contributed by atoms with E-state index in [1.807, 2.05) is 109 Å². The van der Waals surface area contributed by atoms with Crippen LogP contribution in [0.1, 0.15) is 36.1 Å². The number of fused-ring (bicyclic) bond motifs is 6. The normalized spacial score (nSPS) is 12.3. The molecule has 5 heteroatoms. The van der Waals surface area contributed by atoms with Crippen molar-refractivity contribution in [1.29, 1.82) is 10.5 Å². The van der Waals surface area contributed by atoms with Gasteiger partial charge < -0.3 is 14.2 Å². The SMILES string of the molecule is CC1(C)c2cc(N(c3ccccc3)c3ccc(-c4ccccc4)c(C#N)c3)ccc2-c2cc3c(oc4ccccc43)c(N(c3ccccc3)c3ccc(-c4ccccc4)c(C#N)c3)c21. The Morgan fingerprint density at radius 3 is 1.45 bits per heavy atom. The maximum absolute atomic E-state index is 10.7. The molecule has 0 N–H and O–H groups in total. The molecule has 10 aromatic rings. The Balaban J connectivity index is 1.14. The fraction of sp³-hybridized carbons (Fsp3) is 0.0508. The van der Waals surface area contributed by atoms with Gasteiger partial charge in [0.25, 0.3) is 0 Å². The van der Waals surface area contributed by atoms with Crippen molar-refractivity contribution in [1.82, 2.24) is 0 Å². The largest absolute Gasteiger partial charge is 0.454 e. The van der Waals surface area contributed by atoms with Crippen LogP contribution in [0.2, 0.25) is 0 Å². The van der Waals surface area contributed by atoms with Gasteiger partial charge in [0, 0.05) is 44.6 Å². The lowest BCUT2D eigenvalue weighted by molar-refractivity contribution is 0.648. The number of nitriles is 2. The molecule has 9 aromatic carbocycles. The first-order valence-corrected chi connectivity index (χ1v) is 21.5. The fourth-order valence-corrected chi connectivity index (χ4v) is 9.73. The van der Waals surface area contributed by atoms with Gasteiger partial charge in [0.05, 0.1) is 29.0 Å². The van der Waals surface area contributed by atoms with Crippen molar-refractivity contribution < 1.29 is 4.42 Å². The number of hydrogen-bond acceptors (Lipinski definition) is 5. The van der Waals surface area contributed by atoms with E-state index in [2.05, 4.69) is 133 Å². The minimum Gasteiger partial charge on any atom is -0.454 e. The Bertz CT molecular complexity index is 3490. The smallest absolute Gasteiger partial charge is 0.159 e. The Morgan fingerprint density at radius 2 is 0.891 bits per heavy atom. The lowest BCUT2D eigenvalue weighted by Crippen LogP contribution is -2.21. The van der Waals surface area contributed by atoms with E-state index < -0.39 is 5.41 Å². The molecule has 1 heterocycles. The maximum atomic E-state index is 10.7. The van der Waals surface area contributed by atoms with E-state index in [0.717, 1.165) is 95.0 Å². The minimum atomic E-state index is -0.532. The number of rotatable bonds is 8. The second-order valence-corrected chi connectivity index (χ2v) is 16.7. The van der Waals surface area contributed by atoms with Crippen LogP contribution in [-0.2, 0) is 5.41 Å². The Kier molecular flexibility index (Phi) is 9.19. The summed E-state index contributed by atoms with van der Waals surface area (Å²) in [6, 6.07) is 75.6. The van der Waals surface area contributed by atoms with Crippen LogP contribution in [0.15, 0.2) is 211 Å². The Labute approximate surface area is 372 Å². The van der Waals surface area contributed by atoms with E-state index in [1.165, 1.54) is 5.56 Å². The molecule has 0 unspecified atom stereocenters. The molecule has 302 valence electrons. The average molecular weight is 821 g/mol. The number of hydrogen-bond donors (Lipinski definition) is 0. The number of para-hydroxylation sites is 3. The summed E-state index contributed by atoms with van der Waals surface area (Å²) in [5.74, 6) is 0. The van der Waals surface area contributed by atoms with Crippen LogP contribution >= 0.6 is 0 Å². The molecule has 5 nitrogen and oxygen atoms in total. The van der Waals surface area contributed by atoms with Crippen LogP contribution in [0.5, 0.6) is 0 Å². The van der Waals surface area contributed by atoms with Crippen LogP contribution in [-0.4, -0.2) is 0 Å². The van der Waals surface area contributed by atoms with Crippen LogP contribution < -0.4 is 9.80 Å². The van der Waals surface area contributed by atoms with E-state index in [4.69, 9.17) is 4.42 Å². The lowest BCUT2D eigenvalue weighted by atomic mass is 9.80. The summed E-state index contributed by atoms with van der Waals surface area (Å²) in [6.45, 7) is 4.61. The van der Waals surface area contributed by atoms with Crippen LogP contribution in [0.25, 0.3) is 55.3 Å². The highest BCUT2D eigenvalue weighted by molar-refractivity contribution is 6.15. The topological polar surface area (TPSA) is 67.2 Å². The van der Waals surface area contributed by atoms with Crippen LogP contribution in [0.3, 0.4) is 0 Å². The van der Waals surface area contributed by atoms with Crippen molar-refractivity contribution in [2.24, 2.45) is 0 Å². The van der Waals surface area contributed by atoms with Gasteiger partial charge in [0.1, 0.15) is 5.58 Å². The zero-order chi connectivity index (χ0) is 43.4. The second-order valence-electron chi connectivity index (χ2n) is 16.7. The molecule has 1 aliphatic carbocycles. The van der Waals surface area contributed by atoms with E-state index >= 15 is 0 Å². The number of benzene rings is 9. The molecule has 64 heavy (non-hydrogen) atoms.